The van der Waals surface area contributed by atoms with Gasteiger partial charge in [-0.3, -0.25) is 4.72 Å². The van der Waals surface area contributed by atoms with Crippen LogP contribution in [-0.4, -0.2) is 29.1 Å². The van der Waals surface area contributed by atoms with Crippen molar-refractivity contribution >= 4 is 32.2 Å². The molecule has 0 aliphatic carbocycles. The van der Waals surface area contributed by atoms with E-state index in [0.29, 0.717) is 10.6 Å². The number of rotatable bonds is 4. The molecule has 2 N–H and O–H groups in total. The average molecular weight is 382 g/mol. The van der Waals surface area contributed by atoms with Crippen LogP contribution in [0.4, 0.5) is 11.4 Å². The molecular weight excluding hydrogens is 358 g/mol. The first-order chi connectivity index (χ1) is 13.0. The lowest BCUT2D eigenvalue weighted by molar-refractivity contribution is 0.602. The topological polar surface area (TPSA) is 61.4 Å². The number of nitrogens with one attached hydrogen (secondary N) is 2. The van der Waals surface area contributed by atoms with Crippen molar-refractivity contribution in [1.82, 2.24) is 5.32 Å². The summed E-state index contributed by atoms with van der Waals surface area (Å²) >= 11 is 0. The van der Waals surface area contributed by atoms with Gasteiger partial charge in [-0.05, 0) is 48.4 Å². The third-order valence-corrected chi connectivity index (χ3v) is 6.41. The van der Waals surface area contributed by atoms with Crippen LogP contribution in [-0.2, 0) is 23.0 Å². The first-order valence-electron chi connectivity index (χ1n) is 9.00. The smallest absolute Gasteiger partial charge is 0.262 e. The van der Waals surface area contributed by atoms with Crippen LogP contribution >= 0.6 is 0 Å². The SMILES string of the molecule is CN(C)c1cccc2c(S(=O)(=O)Nc3ccc4c(c3)CCNC4)cccc12. The van der Waals surface area contributed by atoms with Crippen molar-refractivity contribution in [2.45, 2.75) is 17.9 Å². The molecule has 0 saturated carbocycles. The highest BCUT2D eigenvalue weighted by Crippen LogP contribution is 2.31. The summed E-state index contributed by atoms with van der Waals surface area (Å²) in [6.07, 6.45) is 0.908. The van der Waals surface area contributed by atoms with Crippen molar-refractivity contribution in [3.05, 3.63) is 65.7 Å². The van der Waals surface area contributed by atoms with Crippen LogP contribution < -0.4 is 14.9 Å². The third kappa shape index (κ3) is 3.38. The minimum absolute atomic E-state index is 0.295. The summed E-state index contributed by atoms with van der Waals surface area (Å²) in [5, 5.41) is 4.97. The van der Waals surface area contributed by atoms with Gasteiger partial charge in [0.2, 0.25) is 0 Å². The highest BCUT2D eigenvalue weighted by Gasteiger charge is 2.19. The van der Waals surface area contributed by atoms with Gasteiger partial charge in [0.1, 0.15) is 0 Å². The Hall–Kier alpha value is -2.57. The quantitative estimate of drug-likeness (QED) is 0.728. The Morgan fingerprint density at radius 2 is 1.74 bits per heavy atom. The molecule has 0 aromatic heterocycles. The van der Waals surface area contributed by atoms with E-state index in [1.807, 2.05) is 61.5 Å². The molecule has 0 bridgehead atoms. The highest BCUT2D eigenvalue weighted by atomic mass is 32.2. The van der Waals surface area contributed by atoms with Crippen molar-refractivity contribution in [2.24, 2.45) is 0 Å². The minimum Gasteiger partial charge on any atom is -0.377 e. The van der Waals surface area contributed by atoms with Gasteiger partial charge in [-0.2, -0.15) is 0 Å². The van der Waals surface area contributed by atoms with E-state index >= 15 is 0 Å². The van der Waals surface area contributed by atoms with Gasteiger partial charge in [0.25, 0.3) is 10.0 Å². The molecule has 4 rings (SSSR count). The lowest BCUT2D eigenvalue weighted by Crippen LogP contribution is -2.23. The number of fused-ring (bicyclic) bond motifs is 2. The molecule has 140 valence electrons. The average Bonchev–Trinajstić information content (AvgIpc) is 2.66. The fraction of sp³-hybridized carbons (Fsp3) is 0.238. The van der Waals surface area contributed by atoms with Crippen LogP contribution in [0.2, 0.25) is 0 Å². The van der Waals surface area contributed by atoms with E-state index < -0.39 is 10.0 Å². The second kappa shape index (κ2) is 6.87. The Bertz CT molecular complexity index is 1110. The first-order valence-corrected chi connectivity index (χ1v) is 10.5. The number of hydrogen-bond acceptors (Lipinski definition) is 4. The van der Waals surface area contributed by atoms with Gasteiger partial charge in [0, 0.05) is 42.8 Å². The molecule has 0 amide bonds. The normalized spacial score (nSPS) is 14.0. The van der Waals surface area contributed by atoms with E-state index in [4.69, 9.17) is 0 Å². The van der Waals surface area contributed by atoms with E-state index in [-0.39, 0.29) is 0 Å². The maximum absolute atomic E-state index is 13.1. The van der Waals surface area contributed by atoms with Gasteiger partial charge >= 0.3 is 0 Å². The summed E-state index contributed by atoms with van der Waals surface area (Å²) in [6.45, 7) is 1.75. The molecule has 6 heteroatoms. The molecule has 5 nitrogen and oxygen atoms in total. The second-order valence-corrected chi connectivity index (χ2v) is 8.69. The van der Waals surface area contributed by atoms with E-state index in [0.717, 1.165) is 36.0 Å². The van der Waals surface area contributed by atoms with Crippen molar-refractivity contribution in [3.8, 4) is 0 Å². The van der Waals surface area contributed by atoms with E-state index in [2.05, 4.69) is 10.0 Å². The van der Waals surface area contributed by atoms with Gasteiger partial charge in [-0.15, -0.1) is 0 Å². The lowest BCUT2D eigenvalue weighted by Gasteiger charge is -2.19. The van der Waals surface area contributed by atoms with Crippen LogP contribution in [0.1, 0.15) is 11.1 Å². The summed E-state index contributed by atoms with van der Waals surface area (Å²) in [7, 11) is 0.216. The molecule has 1 heterocycles. The van der Waals surface area contributed by atoms with E-state index in [1.165, 1.54) is 11.1 Å². The number of anilines is 2. The van der Waals surface area contributed by atoms with Crippen LogP contribution in [0.3, 0.4) is 0 Å². The molecule has 0 saturated heterocycles. The highest BCUT2D eigenvalue weighted by molar-refractivity contribution is 7.93. The van der Waals surface area contributed by atoms with Crippen molar-refractivity contribution in [1.29, 1.82) is 0 Å². The monoisotopic (exact) mass is 381 g/mol. The molecule has 0 radical (unpaired) electrons. The molecule has 0 spiro atoms. The van der Waals surface area contributed by atoms with Crippen LogP contribution in [0.25, 0.3) is 10.8 Å². The Labute approximate surface area is 160 Å². The van der Waals surface area contributed by atoms with Crippen molar-refractivity contribution in [3.63, 3.8) is 0 Å². The largest absolute Gasteiger partial charge is 0.377 e. The van der Waals surface area contributed by atoms with Gasteiger partial charge < -0.3 is 10.2 Å². The van der Waals surface area contributed by atoms with Gasteiger partial charge in [-0.25, -0.2) is 8.42 Å². The van der Waals surface area contributed by atoms with Crippen molar-refractivity contribution < 1.29 is 8.42 Å². The lowest BCUT2D eigenvalue weighted by atomic mass is 10.0. The molecule has 3 aromatic rings. The van der Waals surface area contributed by atoms with Gasteiger partial charge in [0.15, 0.2) is 0 Å². The van der Waals surface area contributed by atoms with E-state index in [1.54, 1.807) is 12.1 Å². The number of benzene rings is 3. The molecule has 0 unspecified atom stereocenters. The Morgan fingerprint density at radius 1 is 0.963 bits per heavy atom. The zero-order valence-electron chi connectivity index (χ0n) is 15.5. The maximum Gasteiger partial charge on any atom is 0.262 e. The zero-order chi connectivity index (χ0) is 19.0. The van der Waals surface area contributed by atoms with Crippen LogP contribution in [0.5, 0.6) is 0 Å². The van der Waals surface area contributed by atoms with Crippen LogP contribution in [0, 0.1) is 0 Å². The first kappa shape index (κ1) is 17.8. The Balaban J connectivity index is 1.75. The Kier molecular flexibility index (Phi) is 4.53. The summed E-state index contributed by atoms with van der Waals surface area (Å²) in [6, 6.07) is 16.9. The summed E-state index contributed by atoms with van der Waals surface area (Å²) in [5.41, 5.74) is 4.02. The molecule has 1 aliphatic heterocycles. The van der Waals surface area contributed by atoms with Crippen molar-refractivity contribution in [2.75, 3.05) is 30.3 Å². The van der Waals surface area contributed by atoms with Gasteiger partial charge in [-0.1, -0.05) is 30.3 Å². The number of sulfonamides is 1. The standard InChI is InChI=1S/C21H23N3O2S/c1-24(2)20-7-3-6-19-18(20)5-4-8-21(19)27(25,26)23-17-10-9-16-14-22-12-11-15(16)13-17/h3-10,13,22-23H,11-12,14H2,1-2H3. The third-order valence-electron chi connectivity index (χ3n) is 4.98. The Morgan fingerprint density at radius 3 is 2.56 bits per heavy atom. The molecule has 3 aromatic carbocycles. The maximum atomic E-state index is 13.1. The zero-order valence-corrected chi connectivity index (χ0v) is 16.3. The summed E-state index contributed by atoms with van der Waals surface area (Å²) < 4.78 is 29.0. The predicted molar refractivity (Wildman–Crippen MR) is 111 cm³/mol. The molecule has 0 atom stereocenters. The van der Waals surface area contributed by atoms with Gasteiger partial charge in [0.05, 0.1) is 4.90 Å². The minimum atomic E-state index is -3.69. The summed E-state index contributed by atoms with van der Waals surface area (Å²) in [5.74, 6) is 0. The summed E-state index contributed by atoms with van der Waals surface area (Å²) in [4.78, 5) is 2.28. The number of nitrogens with zero attached hydrogens (tertiary/aromatic N) is 1. The molecule has 0 fully saturated rings. The molecular formula is C21H23N3O2S. The van der Waals surface area contributed by atoms with E-state index in [9.17, 15) is 8.42 Å². The predicted octanol–water partition coefficient (Wildman–Crippen LogP) is 3.35. The molecule has 27 heavy (non-hydrogen) atoms. The fourth-order valence-corrected chi connectivity index (χ4v) is 4.91. The number of hydrogen-bond donors (Lipinski definition) is 2. The van der Waals surface area contributed by atoms with Crippen LogP contribution in [0.15, 0.2) is 59.5 Å². The fourth-order valence-electron chi connectivity index (χ4n) is 3.64. The molecule has 1 aliphatic rings. The second-order valence-electron chi connectivity index (χ2n) is 7.04.